The van der Waals surface area contributed by atoms with Crippen molar-refractivity contribution in [1.29, 1.82) is 0 Å². The molecule has 0 aliphatic carbocycles. The third-order valence-electron chi connectivity index (χ3n) is 5.51. The lowest BCUT2D eigenvalue weighted by molar-refractivity contribution is -0.139. The lowest BCUT2D eigenvalue weighted by atomic mass is 10.1. The Morgan fingerprint density at radius 3 is 2.40 bits per heavy atom. The molecule has 0 aromatic heterocycles. The van der Waals surface area contributed by atoms with Crippen molar-refractivity contribution in [2.75, 3.05) is 24.2 Å². The largest absolute Gasteiger partial charge is 0.495 e. The van der Waals surface area contributed by atoms with E-state index in [0.29, 0.717) is 5.75 Å². The zero-order valence-corrected chi connectivity index (χ0v) is 23.6. The SMILES string of the molecule is CC[C@@H](C)NC(=O)[C@H](C)N(Cc1cccc(Br)c1)C(=O)CN(c1ccc(OC)c(Cl)c1)S(C)(=O)=O. The normalized spacial score (nSPS) is 13.0. The summed E-state index contributed by atoms with van der Waals surface area (Å²) in [5, 5.41) is 3.10. The highest BCUT2D eigenvalue weighted by molar-refractivity contribution is 9.10. The molecule has 0 saturated heterocycles. The summed E-state index contributed by atoms with van der Waals surface area (Å²) in [6.07, 6.45) is 1.74. The van der Waals surface area contributed by atoms with Gasteiger partial charge in [-0.05, 0) is 56.2 Å². The molecule has 2 atom stereocenters. The predicted octanol–water partition coefficient (Wildman–Crippen LogP) is 4.21. The van der Waals surface area contributed by atoms with Gasteiger partial charge in [0.05, 0.1) is 24.1 Å². The Morgan fingerprint density at radius 1 is 1.17 bits per heavy atom. The maximum Gasteiger partial charge on any atom is 0.244 e. The van der Waals surface area contributed by atoms with Gasteiger partial charge in [-0.3, -0.25) is 13.9 Å². The lowest BCUT2D eigenvalue weighted by Crippen LogP contribution is -2.52. The standard InChI is InChI=1S/C24H31BrClN3O5S/c1-6-16(2)27-24(31)17(3)28(14-18-8-7-9-19(25)12-18)23(30)15-29(35(5,32)33)20-10-11-22(34-4)21(26)13-20/h7-13,16-17H,6,14-15H2,1-5H3,(H,27,31)/t16-,17+/m1/s1. The van der Waals surface area contributed by atoms with Crippen LogP contribution in [0.15, 0.2) is 46.9 Å². The van der Waals surface area contributed by atoms with Crippen LogP contribution in [0, 0.1) is 0 Å². The van der Waals surface area contributed by atoms with Gasteiger partial charge in [0.25, 0.3) is 0 Å². The number of nitrogens with one attached hydrogen (secondary N) is 1. The van der Waals surface area contributed by atoms with E-state index in [9.17, 15) is 18.0 Å². The Balaban J connectivity index is 2.41. The molecule has 2 amide bonds. The maximum absolute atomic E-state index is 13.5. The monoisotopic (exact) mass is 587 g/mol. The Kier molecular flexibility index (Phi) is 10.4. The summed E-state index contributed by atoms with van der Waals surface area (Å²) in [5.74, 6) is -0.475. The topological polar surface area (TPSA) is 96.0 Å². The van der Waals surface area contributed by atoms with Gasteiger partial charge in [-0.2, -0.15) is 0 Å². The molecule has 0 fully saturated rings. The van der Waals surface area contributed by atoms with Crippen LogP contribution in [-0.4, -0.2) is 57.1 Å². The molecule has 2 aromatic rings. The highest BCUT2D eigenvalue weighted by atomic mass is 79.9. The van der Waals surface area contributed by atoms with E-state index in [1.54, 1.807) is 6.92 Å². The molecular formula is C24H31BrClN3O5S. The van der Waals surface area contributed by atoms with Crippen molar-refractivity contribution in [3.63, 3.8) is 0 Å². The molecule has 35 heavy (non-hydrogen) atoms. The number of methoxy groups -OCH3 is 1. The van der Waals surface area contributed by atoms with Crippen molar-refractivity contribution in [2.24, 2.45) is 0 Å². The number of ether oxygens (including phenoxy) is 1. The van der Waals surface area contributed by atoms with Crippen molar-refractivity contribution in [2.45, 2.75) is 45.8 Å². The molecule has 0 spiro atoms. The second-order valence-electron chi connectivity index (χ2n) is 8.23. The second kappa shape index (κ2) is 12.6. The van der Waals surface area contributed by atoms with E-state index in [4.69, 9.17) is 16.3 Å². The highest BCUT2D eigenvalue weighted by Crippen LogP contribution is 2.30. The summed E-state index contributed by atoms with van der Waals surface area (Å²) in [4.78, 5) is 27.8. The van der Waals surface area contributed by atoms with Gasteiger partial charge in [0.2, 0.25) is 21.8 Å². The van der Waals surface area contributed by atoms with Crippen molar-refractivity contribution in [3.8, 4) is 5.75 Å². The predicted molar refractivity (Wildman–Crippen MR) is 142 cm³/mol. The van der Waals surface area contributed by atoms with E-state index < -0.39 is 28.5 Å². The molecule has 0 saturated carbocycles. The maximum atomic E-state index is 13.5. The first-order valence-corrected chi connectivity index (χ1v) is 14.0. The Bertz CT molecular complexity index is 1160. The van der Waals surface area contributed by atoms with Gasteiger partial charge in [-0.25, -0.2) is 8.42 Å². The first-order valence-electron chi connectivity index (χ1n) is 11.0. The molecule has 1 N–H and O–H groups in total. The van der Waals surface area contributed by atoms with Crippen LogP contribution in [0.2, 0.25) is 5.02 Å². The number of carbonyl (C=O) groups is 2. The number of hydrogen-bond donors (Lipinski definition) is 1. The number of benzene rings is 2. The molecule has 2 rings (SSSR count). The van der Waals surface area contributed by atoms with E-state index in [1.165, 1.54) is 30.2 Å². The number of halogens is 2. The van der Waals surface area contributed by atoms with Crippen molar-refractivity contribution in [1.82, 2.24) is 10.2 Å². The molecule has 2 aromatic carbocycles. The van der Waals surface area contributed by atoms with Gasteiger partial charge < -0.3 is 15.0 Å². The quantitative estimate of drug-likeness (QED) is 0.424. The zero-order chi connectivity index (χ0) is 26.3. The third-order valence-corrected chi connectivity index (χ3v) is 7.44. The van der Waals surface area contributed by atoms with Gasteiger partial charge in [-0.1, -0.05) is 46.6 Å². The molecule has 0 radical (unpaired) electrons. The molecule has 0 aliphatic heterocycles. The first kappa shape index (κ1) is 28.9. The molecule has 0 heterocycles. The number of hydrogen-bond acceptors (Lipinski definition) is 5. The molecule has 11 heteroatoms. The van der Waals surface area contributed by atoms with Crippen LogP contribution in [0.5, 0.6) is 5.75 Å². The fraction of sp³-hybridized carbons (Fsp3) is 0.417. The molecule has 0 bridgehead atoms. The number of nitrogens with zero attached hydrogens (tertiary/aromatic N) is 2. The van der Waals surface area contributed by atoms with Crippen LogP contribution < -0.4 is 14.4 Å². The molecule has 192 valence electrons. The number of anilines is 1. The Hall–Kier alpha value is -2.30. The minimum atomic E-state index is -3.85. The summed E-state index contributed by atoms with van der Waals surface area (Å²) in [6, 6.07) is 10.9. The Morgan fingerprint density at radius 2 is 1.86 bits per heavy atom. The summed E-state index contributed by atoms with van der Waals surface area (Å²) in [5.41, 5.74) is 1.00. The number of rotatable bonds is 11. The smallest absolute Gasteiger partial charge is 0.244 e. The lowest BCUT2D eigenvalue weighted by Gasteiger charge is -2.32. The third kappa shape index (κ3) is 8.12. The number of sulfonamides is 1. The van der Waals surface area contributed by atoms with Crippen LogP contribution >= 0.6 is 27.5 Å². The van der Waals surface area contributed by atoms with Crippen molar-refractivity contribution < 1.29 is 22.7 Å². The zero-order valence-electron chi connectivity index (χ0n) is 20.4. The van der Waals surface area contributed by atoms with E-state index in [-0.39, 0.29) is 29.2 Å². The van der Waals surface area contributed by atoms with Crippen LogP contribution in [0.25, 0.3) is 0 Å². The van der Waals surface area contributed by atoms with Gasteiger partial charge in [0, 0.05) is 17.1 Å². The van der Waals surface area contributed by atoms with Gasteiger partial charge in [-0.15, -0.1) is 0 Å². The average Bonchev–Trinajstić information content (AvgIpc) is 2.79. The number of carbonyl (C=O) groups excluding carboxylic acids is 2. The molecule has 0 unspecified atom stereocenters. The fourth-order valence-corrected chi connectivity index (χ4v) is 4.84. The van der Waals surface area contributed by atoms with Gasteiger partial charge >= 0.3 is 0 Å². The van der Waals surface area contributed by atoms with E-state index in [2.05, 4.69) is 21.2 Å². The minimum Gasteiger partial charge on any atom is -0.495 e. The van der Waals surface area contributed by atoms with Crippen LogP contribution in [0.1, 0.15) is 32.8 Å². The first-order chi connectivity index (χ1) is 16.4. The summed E-state index contributed by atoms with van der Waals surface area (Å²) in [6.45, 7) is 5.07. The summed E-state index contributed by atoms with van der Waals surface area (Å²) in [7, 11) is -2.40. The van der Waals surface area contributed by atoms with Gasteiger partial charge in [0.1, 0.15) is 18.3 Å². The number of amides is 2. The van der Waals surface area contributed by atoms with Crippen molar-refractivity contribution >= 4 is 55.1 Å². The van der Waals surface area contributed by atoms with E-state index in [1.807, 2.05) is 38.1 Å². The van der Waals surface area contributed by atoms with E-state index in [0.717, 1.165) is 27.0 Å². The molecule has 0 aliphatic rings. The van der Waals surface area contributed by atoms with E-state index >= 15 is 0 Å². The van der Waals surface area contributed by atoms with Crippen LogP contribution in [0.4, 0.5) is 5.69 Å². The Labute approximate surface area is 220 Å². The molecular weight excluding hydrogens is 558 g/mol. The molecule has 8 nitrogen and oxygen atoms in total. The average molecular weight is 589 g/mol. The summed E-state index contributed by atoms with van der Waals surface area (Å²) < 4.78 is 32.2. The van der Waals surface area contributed by atoms with Crippen molar-refractivity contribution in [3.05, 3.63) is 57.5 Å². The van der Waals surface area contributed by atoms with Crippen LogP contribution in [0.3, 0.4) is 0 Å². The van der Waals surface area contributed by atoms with Crippen LogP contribution in [-0.2, 0) is 26.2 Å². The highest BCUT2D eigenvalue weighted by Gasteiger charge is 2.30. The minimum absolute atomic E-state index is 0.0678. The fourth-order valence-electron chi connectivity index (χ4n) is 3.30. The van der Waals surface area contributed by atoms with Gasteiger partial charge in [0.15, 0.2) is 0 Å². The summed E-state index contributed by atoms with van der Waals surface area (Å²) >= 11 is 9.62. The second-order valence-corrected chi connectivity index (χ2v) is 11.5.